The molecule has 0 N–H and O–H groups in total. The SMILES string of the molecule is CN1CCN(C(=O)[C@@H]2CCN2C)CC1. The van der Waals surface area contributed by atoms with Crippen molar-refractivity contribution in [2.45, 2.75) is 12.5 Å². The van der Waals surface area contributed by atoms with Gasteiger partial charge in [-0.3, -0.25) is 9.69 Å². The molecule has 2 rings (SSSR count). The molecule has 1 amide bonds. The summed E-state index contributed by atoms with van der Waals surface area (Å²) < 4.78 is 0. The molecule has 80 valence electrons. The van der Waals surface area contributed by atoms with Crippen molar-refractivity contribution in [2.24, 2.45) is 0 Å². The van der Waals surface area contributed by atoms with Crippen LogP contribution in [0.5, 0.6) is 0 Å². The van der Waals surface area contributed by atoms with Crippen molar-refractivity contribution in [2.75, 3.05) is 46.8 Å². The Balaban J connectivity index is 1.86. The molecule has 4 nitrogen and oxygen atoms in total. The number of nitrogens with zero attached hydrogens (tertiary/aromatic N) is 3. The Morgan fingerprint density at radius 2 is 1.71 bits per heavy atom. The summed E-state index contributed by atoms with van der Waals surface area (Å²) in [6, 6.07) is 0.179. The van der Waals surface area contributed by atoms with Gasteiger partial charge in [0.1, 0.15) is 0 Å². The van der Waals surface area contributed by atoms with Crippen LogP contribution in [0.4, 0.5) is 0 Å². The summed E-state index contributed by atoms with van der Waals surface area (Å²) in [6.07, 6.45) is 1.04. The Hall–Kier alpha value is -0.610. The van der Waals surface area contributed by atoms with Crippen LogP contribution in [0.15, 0.2) is 0 Å². The first-order valence-electron chi connectivity index (χ1n) is 5.36. The summed E-state index contributed by atoms with van der Waals surface area (Å²) in [7, 11) is 4.14. The summed E-state index contributed by atoms with van der Waals surface area (Å²) in [5.74, 6) is 0.340. The highest BCUT2D eigenvalue weighted by Gasteiger charge is 2.34. The van der Waals surface area contributed by atoms with Crippen LogP contribution in [0.3, 0.4) is 0 Å². The van der Waals surface area contributed by atoms with Crippen LogP contribution < -0.4 is 0 Å². The number of amides is 1. The molecule has 0 unspecified atom stereocenters. The highest BCUT2D eigenvalue weighted by molar-refractivity contribution is 5.82. The van der Waals surface area contributed by atoms with Crippen LogP contribution in [0.2, 0.25) is 0 Å². The Labute approximate surface area is 85.5 Å². The van der Waals surface area contributed by atoms with E-state index in [0.29, 0.717) is 5.91 Å². The summed E-state index contributed by atoms with van der Waals surface area (Å²) in [6.45, 7) is 4.91. The van der Waals surface area contributed by atoms with E-state index >= 15 is 0 Å². The van der Waals surface area contributed by atoms with Gasteiger partial charge >= 0.3 is 0 Å². The molecule has 14 heavy (non-hydrogen) atoms. The highest BCUT2D eigenvalue weighted by atomic mass is 16.2. The fourth-order valence-corrected chi connectivity index (χ4v) is 2.07. The smallest absolute Gasteiger partial charge is 0.240 e. The number of carbonyl (C=O) groups excluding carboxylic acids is 1. The molecular weight excluding hydrogens is 178 g/mol. The van der Waals surface area contributed by atoms with Gasteiger partial charge < -0.3 is 9.80 Å². The average Bonchev–Trinajstić information content (AvgIpc) is 2.16. The monoisotopic (exact) mass is 197 g/mol. The largest absolute Gasteiger partial charge is 0.339 e. The van der Waals surface area contributed by atoms with Gasteiger partial charge in [-0.15, -0.1) is 0 Å². The Kier molecular flexibility index (Phi) is 2.74. The fourth-order valence-electron chi connectivity index (χ4n) is 2.07. The quantitative estimate of drug-likeness (QED) is 0.565. The molecule has 0 radical (unpaired) electrons. The van der Waals surface area contributed by atoms with Crippen molar-refractivity contribution in [3.8, 4) is 0 Å². The van der Waals surface area contributed by atoms with Gasteiger partial charge in [0, 0.05) is 32.7 Å². The first-order chi connectivity index (χ1) is 6.68. The second-order valence-corrected chi connectivity index (χ2v) is 4.41. The van der Waals surface area contributed by atoms with E-state index < -0.39 is 0 Å². The zero-order valence-corrected chi connectivity index (χ0v) is 9.07. The third-order valence-electron chi connectivity index (χ3n) is 3.39. The molecule has 0 aromatic carbocycles. The Morgan fingerprint density at radius 1 is 1.07 bits per heavy atom. The highest BCUT2D eigenvalue weighted by Crippen LogP contribution is 2.17. The maximum absolute atomic E-state index is 12.0. The van der Waals surface area contributed by atoms with Crippen LogP contribution in [0.25, 0.3) is 0 Å². The molecule has 2 fully saturated rings. The molecule has 0 saturated carbocycles. The Morgan fingerprint density at radius 3 is 2.14 bits per heavy atom. The van der Waals surface area contributed by atoms with Crippen molar-refractivity contribution in [1.82, 2.24) is 14.7 Å². The van der Waals surface area contributed by atoms with Gasteiger partial charge in [-0.05, 0) is 20.5 Å². The van der Waals surface area contributed by atoms with Gasteiger partial charge in [0.05, 0.1) is 6.04 Å². The number of likely N-dealkylation sites (tertiary alicyclic amines) is 1. The number of likely N-dealkylation sites (N-methyl/N-ethyl adjacent to an activating group) is 2. The predicted molar refractivity (Wildman–Crippen MR) is 55.1 cm³/mol. The minimum atomic E-state index is 0.179. The molecule has 2 aliphatic heterocycles. The van der Waals surface area contributed by atoms with E-state index in [1.165, 1.54) is 0 Å². The minimum Gasteiger partial charge on any atom is -0.339 e. The second kappa shape index (κ2) is 3.87. The van der Waals surface area contributed by atoms with Crippen molar-refractivity contribution in [3.05, 3.63) is 0 Å². The van der Waals surface area contributed by atoms with E-state index in [1.54, 1.807) is 0 Å². The third-order valence-corrected chi connectivity index (χ3v) is 3.39. The Bertz CT molecular complexity index is 223. The lowest BCUT2D eigenvalue weighted by Gasteiger charge is -2.41. The lowest BCUT2D eigenvalue weighted by Crippen LogP contribution is -2.58. The number of rotatable bonds is 1. The van der Waals surface area contributed by atoms with Gasteiger partial charge in [0.2, 0.25) is 5.91 Å². The number of hydrogen-bond acceptors (Lipinski definition) is 3. The number of hydrogen-bond donors (Lipinski definition) is 0. The zero-order valence-electron chi connectivity index (χ0n) is 9.07. The lowest BCUT2D eigenvalue weighted by atomic mass is 10.0. The molecule has 0 spiro atoms. The average molecular weight is 197 g/mol. The standard InChI is InChI=1S/C10H19N3O/c1-11-5-7-13(8-6-11)10(14)9-3-4-12(9)2/h9H,3-8H2,1-2H3/t9-/m0/s1. The first-order valence-corrected chi connectivity index (χ1v) is 5.36. The molecule has 4 heteroatoms. The first kappa shape index (κ1) is 9.93. The predicted octanol–water partition coefficient (Wildman–Crippen LogP) is -0.535. The molecule has 0 aromatic rings. The summed E-state index contributed by atoms with van der Waals surface area (Å²) in [5, 5.41) is 0. The van der Waals surface area contributed by atoms with Gasteiger partial charge in [0.25, 0.3) is 0 Å². The normalized spacial score (nSPS) is 30.1. The number of piperazine rings is 1. The molecular formula is C10H19N3O. The molecule has 0 aromatic heterocycles. The molecule has 2 saturated heterocycles. The van der Waals surface area contributed by atoms with Crippen LogP contribution in [0, 0.1) is 0 Å². The van der Waals surface area contributed by atoms with Gasteiger partial charge in [0.15, 0.2) is 0 Å². The van der Waals surface area contributed by atoms with Crippen molar-refractivity contribution >= 4 is 5.91 Å². The van der Waals surface area contributed by atoms with E-state index in [9.17, 15) is 4.79 Å². The van der Waals surface area contributed by atoms with Crippen LogP contribution in [-0.2, 0) is 4.79 Å². The van der Waals surface area contributed by atoms with Crippen molar-refractivity contribution < 1.29 is 4.79 Å². The van der Waals surface area contributed by atoms with E-state index in [4.69, 9.17) is 0 Å². The zero-order chi connectivity index (χ0) is 10.1. The van der Waals surface area contributed by atoms with Crippen LogP contribution in [0.1, 0.15) is 6.42 Å². The summed E-state index contributed by atoms with van der Waals surface area (Å²) >= 11 is 0. The van der Waals surface area contributed by atoms with Gasteiger partial charge in [-0.25, -0.2) is 0 Å². The van der Waals surface area contributed by atoms with E-state index in [0.717, 1.165) is 39.1 Å². The molecule has 0 bridgehead atoms. The third kappa shape index (κ3) is 1.77. The molecule has 2 heterocycles. The molecule has 2 aliphatic rings. The molecule has 0 aliphatic carbocycles. The summed E-state index contributed by atoms with van der Waals surface area (Å²) in [4.78, 5) is 18.4. The summed E-state index contributed by atoms with van der Waals surface area (Å²) in [5.41, 5.74) is 0. The van der Waals surface area contributed by atoms with Crippen molar-refractivity contribution in [1.29, 1.82) is 0 Å². The molecule has 1 atom stereocenters. The maximum Gasteiger partial charge on any atom is 0.240 e. The lowest BCUT2D eigenvalue weighted by molar-refractivity contribution is -0.142. The minimum absolute atomic E-state index is 0.179. The maximum atomic E-state index is 12.0. The van der Waals surface area contributed by atoms with Crippen molar-refractivity contribution in [3.63, 3.8) is 0 Å². The number of carbonyl (C=O) groups is 1. The van der Waals surface area contributed by atoms with Crippen LogP contribution in [-0.4, -0.2) is 73.5 Å². The van der Waals surface area contributed by atoms with E-state index in [1.807, 2.05) is 11.9 Å². The second-order valence-electron chi connectivity index (χ2n) is 4.41. The van der Waals surface area contributed by atoms with Gasteiger partial charge in [-0.2, -0.15) is 0 Å². The fraction of sp³-hybridized carbons (Fsp3) is 0.900. The van der Waals surface area contributed by atoms with Crippen LogP contribution >= 0.6 is 0 Å². The topological polar surface area (TPSA) is 26.8 Å². The van der Waals surface area contributed by atoms with E-state index in [2.05, 4.69) is 16.8 Å². The van der Waals surface area contributed by atoms with E-state index in [-0.39, 0.29) is 6.04 Å². The van der Waals surface area contributed by atoms with Gasteiger partial charge in [-0.1, -0.05) is 0 Å².